The maximum atomic E-state index is 11.3. The average Bonchev–Trinajstić information content (AvgIpc) is 2.77. The van der Waals surface area contributed by atoms with E-state index in [1.165, 1.54) is 19.3 Å². The highest BCUT2D eigenvalue weighted by atomic mass is 32.2. The van der Waals surface area contributed by atoms with Crippen LogP contribution >= 0.6 is 11.8 Å². The summed E-state index contributed by atoms with van der Waals surface area (Å²) >= 11 is 1.57. The summed E-state index contributed by atoms with van der Waals surface area (Å²) in [6.45, 7) is 0. The molecule has 0 aliphatic heterocycles. The minimum Gasteiger partial charge on any atom is -0.358 e. The third-order valence-electron chi connectivity index (χ3n) is 3.48. The topological polar surface area (TPSA) is 60.4 Å². The van der Waals surface area contributed by atoms with E-state index in [4.69, 9.17) is 0 Å². The van der Waals surface area contributed by atoms with Crippen molar-refractivity contribution in [1.82, 2.24) is 9.38 Å². The molecule has 1 aliphatic rings. The van der Waals surface area contributed by atoms with Gasteiger partial charge in [0, 0.05) is 11.3 Å². The number of hydrogen-bond donors (Lipinski definition) is 0. The van der Waals surface area contributed by atoms with Gasteiger partial charge < -0.3 is 10.1 Å². The Morgan fingerprint density at radius 2 is 2.11 bits per heavy atom. The van der Waals surface area contributed by atoms with Gasteiger partial charge >= 0.3 is 5.82 Å². The molecule has 0 aromatic carbocycles. The van der Waals surface area contributed by atoms with E-state index in [1.807, 2.05) is 6.07 Å². The molecule has 2 aromatic heterocycles. The summed E-state index contributed by atoms with van der Waals surface area (Å²) in [6.07, 6.45) is 7.69. The minimum atomic E-state index is -0.328. The highest BCUT2D eigenvalue weighted by Crippen LogP contribution is 2.37. The third-order valence-corrected chi connectivity index (χ3v) is 4.78. The fourth-order valence-electron chi connectivity index (χ4n) is 2.55. The second kappa shape index (κ2) is 5.21. The van der Waals surface area contributed by atoms with Crippen LogP contribution in [0.4, 0.5) is 5.82 Å². The van der Waals surface area contributed by atoms with E-state index < -0.39 is 0 Å². The maximum Gasteiger partial charge on any atom is 0.361 e. The van der Waals surface area contributed by atoms with Crippen molar-refractivity contribution in [1.29, 1.82) is 0 Å². The molecule has 0 radical (unpaired) electrons. The summed E-state index contributed by atoms with van der Waals surface area (Å²) in [6, 6.07) is 5.44. The van der Waals surface area contributed by atoms with Crippen LogP contribution in [0.3, 0.4) is 0 Å². The van der Waals surface area contributed by atoms with E-state index in [-0.39, 0.29) is 10.7 Å². The van der Waals surface area contributed by atoms with Crippen LogP contribution in [0.2, 0.25) is 0 Å². The Kier molecular flexibility index (Phi) is 3.42. The molecule has 19 heavy (non-hydrogen) atoms. The molecule has 0 spiro atoms. The van der Waals surface area contributed by atoms with E-state index in [9.17, 15) is 10.1 Å². The van der Waals surface area contributed by atoms with Crippen molar-refractivity contribution >= 4 is 23.2 Å². The summed E-state index contributed by atoms with van der Waals surface area (Å²) in [4.78, 5) is 15.4. The first-order valence-corrected chi connectivity index (χ1v) is 7.42. The van der Waals surface area contributed by atoms with E-state index in [1.54, 1.807) is 34.5 Å². The molecule has 1 saturated carbocycles. The standard InChI is InChI=1S/C13H15N3O2S/c17-16(18)13-12(19-10-6-2-1-3-7-10)14-11-8-4-5-9-15(11)13/h4-5,8-10H,1-3,6-7H2. The molecule has 1 aliphatic carbocycles. The number of hydrogen-bond acceptors (Lipinski definition) is 4. The Balaban J connectivity index is 1.97. The predicted octanol–water partition coefficient (Wildman–Crippen LogP) is 3.67. The summed E-state index contributed by atoms with van der Waals surface area (Å²) in [7, 11) is 0. The van der Waals surface area contributed by atoms with Crippen LogP contribution in [0.5, 0.6) is 0 Å². The van der Waals surface area contributed by atoms with Gasteiger partial charge in [0.25, 0.3) is 0 Å². The zero-order valence-electron chi connectivity index (χ0n) is 10.5. The fourth-order valence-corrected chi connectivity index (χ4v) is 3.86. The van der Waals surface area contributed by atoms with E-state index >= 15 is 0 Å². The number of pyridine rings is 1. The van der Waals surface area contributed by atoms with Gasteiger partial charge in [-0.15, -0.1) is 0 Å². The molecule has 1 fully saturated rings. The monoisotopic (exact) mass is 277 g/mol. The molecule has 0 unspecified atom stereocenters. The maximum absolute atomic E-state index is 11.3. The van der Waals surface area contributed by atoms with Crippen LogP contribution in [-0.2, 0) is 0 Å². The van der Waals surface area contributed by atoms with Crippen LogP contribution in [0.25, 0.3) is 5.65 Å². The fraction of sp³-hybridized carbons (Fsp3) is 0.462. The van der Waals surface area contributed by atoms with Gasteiger partial charge in [-0.1, -0.05) is 37.1 Å². The normalized spacial score (nSPS) is 16.8. The van der Waals surface area contributed by atoms with Gasteiger partial charge in [-0.25, -0.2) is 0 Å². The molecule has 2 heterocycles. The third kappa shape index (κ3) is 2.45. The molecule has 0 N–H and O–H groups in total. The molecule has 2 aromatic rings. The van der Waals surface area contributed by atoms with Crippen molar-refractivity contribution in [2.75, 3.05) is 0 Å². The van der Waals surface area contributed by atoms with Crippen LogP contribution in [0, 0.1) is 10.1 Å². The Bertz CT molecular complexity index is 605. The number of thioether (sulfide) groups is 1. The highest BCUT2D eigenvalue weighted by molar-refractivity contribution is 8.00. The van der Waals surface area contributed by atoms with Gasteiger partial charge in [0.05, 0.1) is 6.20 Å². The lowest BCUT2D eigenvalue weighted by Crippen LogP contribution is -2.08. The smallest absolute Gasteiger partial charge is 0.358 e. The Morgan fingerprint density at radius 1 is 1.32 bits per heavy atom. The van der Waals surface area contributed by atoms with Crippen LogP contribution < -0.4 is 0 Å². The van der Waals surface area contributed by atoms with Crippen LogP contribution in [0.1, 0.15) is 32.1 Å². The Hall–Kier alpha value is -1.56. The predicted molar refractivity (Wildman–Crippen MR) is 74.6 cm³/mol. The lowest BCUT2D eigenvalue weighted by atomic mass is 10.0. The number of nitro groups is 1. The van der Waals surface area contributed by atoms with Crippen molar-refractivity contribution in [3.63, 3.8) is 0 Å². The SMILES string of the molecule is O=[N+]([O-])c1c(SC2CCCCC2)nc2ccccn12. The van der Waals surface area contributed by atoms with Crippen molar-refractivity contribution < 1.29 is 4.92 Å². The number of imidazole rings is 1. The number of aromatic nitrogens is 2. The minimum absolute atomic E-state index is 0.103. The molecule has 0 bridgehead atoms. The number of fused-ring (bicyclic) bond motifs is 1. The molecule has 100 valence electrons. The van der Waals surface area contributed by atoms with Crippen LogP contribution in [-0.4, -0.2) is 19.6 Å². The number of nitrogens with zero attached hydrogens (tertiary/aromatic N) is 3. The van der Waals surface area contributed by atoms with E-state index in [0.29, 0.717) is 15.9 Å². The van der Waals surface area contributed by atoms with Crippen LogP contribution in [0.15, 0.2) is 29.4 Å². The number of rotatable bonds is 3. The average molecular weight is 277 g/mol. The molecule has 0 amide bonds. The molecule has 6 heteroatoms. The summed E-state index contributed by atoms with van der Waals surface area (Å²) in [5, 5.41) is 12.3. The first kappa shape index (κ1) is 12.5. The molecule has 5 nitrogen and oxygen atoms in total. The quantitative estimate of drug-likeness (QED) is 0.634. The summed E-state index contributed by atoms with van der Waals surface area (Å²) in [5.41, 5.74) is 0.646. The van der Waals surface area contributed by atoms with Crippen molar-refractivity contribution in [3.8, 4) is 0 Å². The van der Waals surface area contributed by atoms with Crippen molar-refractivity contribution in [2.24, 2.45) is 0 Å². The first-order valence-electron chi connectivity index (χ1n) is 6.54. The van der Waals surface area contributed by atoms with E-state index in [2.05, 4.69) is 4.98 Å². The second-order valence-corrected chi connectivity index (χ2v) is 6.09. The zero-order chi connectivity index (χ0) is 13.2. The zero-order valence-corrected chi connectivity index (χ0v) is 11.3. The largest absolute Gasteiger partial charge is 0.361 e. The molecule has 0 atom stereocenters. The first-order chi connectivity index (χ1) is 9.25. The van der Waals surface area contributed by atoms with Gasteiger partial charge in [-0.2, -0.15) is 9.38 Å². The second-order valence-electron chi connectivity index (χ2n) is 4.80. The lowest BCUT2D eigenvalue weighted by Gasteiger charge is -2.19. The lowest BCUT2D eigenvalue weighted by molar-refractivity contribution is -0.393. The van der Waals surface area contributed by atoms with E-state index in [0.717, 1.165) is 12.8 Å². The highest BCUT2D eigenvalue weighted by Gasteiger charge is 2.26. The van der Waals surface area contributed by atoms with Gasteiger partial charge in [-0.3, -0.25) is 0 Å². The van der Waals surface area contributed by atoms with Crippen molar-refractivity contribution in [3.05, 3.63) is 34.5 Å². The van der Waals surface area contributed by atoms with Gasteiger partial charge in [0.1, 0.15) is 0 Å². The molecule has 3 rings (SSSR count). The summed E-state index contributed by atoms with van der Waals surface area (Å²) < 4.78 is 1.56. The molecular formula is C13H15N3O2S. The van der Waals surface area contributed by atoms with Gasteiger partial charge in [-0.05, 0) is 23.8 Å². The van der Waals surface area contributed by atoms with Gasteiger partial charge in [0.15, 0.2) is 5.03 Å². The van der Waals surface area contributed by atoms with Crippen molar-refractivity contribution in [2.45, 2.75) is 42.4 Å². The Morgan fingerprint density at radius 3 is 2.84 bits per heavy atom. The van der Waals surface area contributed by atoms with Gasteiger partial charge in [0.2, 0.25) is 5.65 Å². The molecular weight excluding hydrogens is 262 g/mol. The Labute approximate surface area is 115 Å². The molecule has 0 saturated heterocycles. The summed E-state index contributed by atoms with van der Waals surface area (Å²) in [5.74, 6) is 0.103.